The molecule has 5 rings (SSSR count). The monoisotopic (exact) mass is 634 g/mol. The lowest BCUT2D eigenvalue weighted by molar-refractivity contribution is -0.244. The normalized spacial score (nSPS) is 47.8. The van der Waals surface area contributed by atoms with Crippen LogP contribution in [0.4, 0.5) is 0 Å². The highest BCUT2D eigenvalue weighted by atomic mass is 16.4. The quantitative estimate of drug-likeness (QED) is 0.156. The fraction of sp³-hybridized carbons (Fsp3) is 0.889. The SMILES string of the molecule is C[C@H]1[C@H](C)CC[C@]2(C(=O)O)CC[C@]3(C)C(=CC[C@@H]4[C@@]5(C)C[C@@H](O)[C@H](O)[C@@](C)(CO)[C@@H]5CC[C@]43C)[C@H]12.NCCCCC(N)C(=O)O. The van der Waals surface area contributed by atoms with Crippen LogP contribution in [-0.4, -0.2) is 68.9 Å². The van der Waals surface area contributed by atoms with Crippen LogP contribution in [0.3, 0.4) is 0 Å². The van der Waals surface area contributed by atoms with E-state index in [-0.39, 0.29) is 34.7 Å². The highest BCUT2D eigenvalue weighted by Gasteiger charge is 2.70. The minimum Gasteiger partial charge on any atom is -0.481 e. The Labute approximate surface area is 270 Å². The third kappa shape index (κ3) is 5.50. The second kappa shape index (κ2) is 12.8. The zero-order valence-electron chi connectivity index (χ0n) is 28.6. The van der Waals surface area contributed by atoms with E-state index in [4.69, 9.17) is 16.6 Å². The number of carboxylic acid groups (broad SMARTS) is 2. The molecule has 45 heavy (non-hydrogen) atoms. The largest absolute Gasteiger partial charge is 0.481 e. The molecule has 0 aromatic carbocycles. The second-order valence-corrected chi connectivity index (χ2v) is 16.7. The molecule has 0 aromatic heterocycles. The number of hydrogen-bond donors (Lipinski definition) is 7. The molecule has 13 atom stereocenters. The molecule has 258 valence electrons. The fourth-order valence-electron chi connectivity index (χ4n) is 11.6. The number of aliphatic hydroxyl groups excluding tert-OH is 3. The molecule has 0 heterocycles. The number of carboxylic acids is 2. The number of nitrogens with two attached hydrogens (primary N) is 2. The van der Waals surface area contributed by atoms with Crippen LogP contribution < -0.4 is 11.5 Å². The van der Waals surface area contributed by atoms with Crippen molar-refractivity contribution >= 4 is 11.9 Å². The molecule has 9 heteroatoms. The lowest BCUT2D eigenvalue weighted by Gasteiger charge is -2.71. The predicted octanol–water partition coefficient (Wildman–Crippen LogP) is 4.56. The number of aliphatic hydroxyl groups is 3. The van der Waals surface area contributed by atoms with Crippen molar-refractivity contribution < 1.29 is 35.1 Å². The van der Waals surface area contributed by atoms with Gasteiger partial charge in [-0.25, -0.2) is 0 Å². The summed E-state index contributed by atoms with van der Waals surface area (Å²) in [6, 6.07) is -0.716. The van der Waals surface area contributed by atoms with Crippen molar-refractivity contribution in [2.75, 3.05) is 13.2 Å². The van der Waals surface area contributed by atoms with Crippen LogP contribution in [-0.2, 0) is 9.59 Å². The minimum absolute atomic E-state index is 0.00815. The predicted molar refractivity (Wildman–Crippen MR) is 174 cm³/mol. The third-order valence-corrected chi connectivity index (χ3v) is 14.8. The molecule has 5 aliphatic rings. The van der Waals surface area contributed by atoms with Crippen molar-refractivity contribution in [2.45, 2.75) is 130 Å². The average Bonchev–Trinajstić information content (AvgIpc) is 2.98. The van der Waals surface area contributed by atoms with Crippen molar-refractivity contribution in [2.24, 2.45) is 68.1 Å². The second-order valence-electron chi connectivity index (χ2n) is 16.7. The van der Waals surface area contributed by atoms with Gasteiger partial charge in [-0.2, -0.15) is 0 Å². The highest BCUT2D eigenvalue weighted by molar-refractivity contribution is 5.76. The molecule has 4 fully saturated rings. The van der Waals surface area contributed by atoms with Crippen LogP contribution in [0.15, 0.2) is 11.6 Å². The Hall–Kier alpha value is -1.52. The van der Waals surface area contributed by atoms with Crippen LogP contribution in [0, 0.1) is 56.7 Å². The first kappa shape index (κ1) is 36.3. The van der Waals surface area contributed by atoms with Crippen LogP contribution >= 0.6 is 0 Å². The Bertz CT molecular complexity index is 1150. The van der Waals surface area contributed by atoms with Crippen LogP contribution in [0.5, 0.6) is 0 Å². The Morgan fingerprint density at radius 3 is 2.22 bits per heavy atom. The standard InChI is InChI=1S/C30H48O5.C6H14N2O2/c1-17-9-12-30(25(34)35)14-13-28(5)19(23(30)18(17)2)7-8-22-26(3)15-20(32)24(33)27(4,16-31)21(26)10-11-29(22,28)6;7-4-2-1-3-5(8)6(9)10/h7,17-18,20-24,31-33H,8-16H2,1-6H3,(H,34,35);5H,1-4,7-8H2,(H,9,10)/t17-,18+,20-,21-,22-,23+,24+,26+,27+,28-,29-,30+;/m1./s1. The number of allylic oxidation sites excluding steroid dienone is 2. The first-order valence-electron chi connectivity index (χ1n) is 17.5. The summed E-state index contributed by atoms with van der Waals surface area (Å²) in [5, 5.41) is 51.2. The van der Waals surface area contributed by atoms with Crippen molar-refractivity contribution in [3.05, 3.63) is 11.6 Å². The maximum atomic E-state index is 12.8. The first-order valence-corrected chi connectivity index (χ1v) is 17.5. The van der Waals surface area contributed by atoms with E-state index < -0.39 is 41.0 Å². The van der Waals surface area contributed by atoms with Gasteiger partial charge in [-0.15, -0.1) is 0 Å². The van der Waals surface area contributed by atoms with E-state index in [2.05, 4.69) is 40.7 Å². The van der Waals surface area contributed by atoms with Gasteiger partial charge >= 0.3 is 11.9 Å². The van der Waals surface area contributed by atoms with Gasteiger partial charge in [0.2, 0.25) is 0 Å². The molecule has 4 saturated carbocycles. The van der Waals surface area contributed by atoms with E-state index in [1.807, 2.05) is 6.92 Å². The molecule has 0 radical (unpaired) electrons. The Balaban J connectivity index is 0.000000399. The van der Waals surface area contributed by atoms with E-state index in [9.17, 15) is 30.0 Å². The summed E-state index contributed by atoms with van der Waals surface area (Å²) >= 11 is 0. The van der Waals surface area contributed by atoms with Gasteiger partial charge in [0.15, 0.2) is 0 Å². The fourth-order valence-corrected chi connectivity index (χ4v) is 11.6. The highest BCUT2D eigenvalue weighted by Crippen LogP contribution is 2.75. The van der Waals surface area contributed by atoms with Crippen molar-refractivity contribution in [3.63, 3.8) is 0 Å². The van der Waals surface area contributed by atoms with Crippen molar-refractivity contribution in [1.82, 2.24) is 0 Å². The zero-order valence-corrected chi connectivity index (χ0v) is 28.6. The average molecular weight is 635 g/mol. The van der Waals surface area contributed by atoms with Crippen LogP contribution in [0.25, 0.3) is 0 Å². The van der Waals surface area contributed by atoms with Gasteiger partial charge in [-0.1, -0.05) is 59.6 Å². The van der Waals surface area contributed by atoms with Crippen molar-refractivity contribution in [3.8, 4) is 0 Å². The Morgan fingerprint density at radius 1 is 0.978 bits per heavy atom. The molecule has 9 nitrogen and oxygen atoms in total. The van der Waals surface area contributed by atoms with E-state index in [0.29, 0.717) is 37.1 Å². The van der Waals surface area contributed by atoms with Gasteiger partial charge in [-0.05, 0) is 117 Å². The minimum atomic E-state index is -0.933. The number of carbonyl (C=O) groups is 2. The number of unbranched alkanes of at least 4 members (excludes halogenated alkanes) is 1. The first-order chi connectivity index (χ1) is 20.9. The van der Waals surface area contributed by atoms with Gasteiger partial charge < -0.3 is 37.0 Å². The summed E-state index contributed by atoms with van der Waals surface area (Å²) in [4.78, 5) is 22.9. The van der Waals surface area contributed by atoms with E-state index in [1.54, 1.807) is 0 Å². The number of aliphatic carboxylic acids is 2. The summed E-state index contributed by atoms with van der Waals surface area (Å²) in [5.41, 5.74) is 10.2. The van der Waals surface area contributed by atoms with E-state index in [0.717, 1.165) is 57.8 Å². The molecular formula is C36H62N2O7. The van der Waals surface area contributed by atoms with Gasteiger partial charge in [0.1, 0.15) is 6.04 Å². The maximum Gasteiger partial charge on any atom is 0.320 e. The summed E-state index contributed by atoms with van der Waals surface area (Å²) in [5.74, 6) is -0.106. The molecule has 0 saturated heterocycles. The summed E-state index contributed by atoms with van der Waals surface area (Å²) < 4.78 is 0. The number of fused-ring (bicyclic) bond motifs is 7. The number of rotatable bonds is 7. The van der Waals surface area contributed by atoms with E-state index in [1.165, 1.54) is 5.57 Å². The molecule has 5 aliphatic carbocycles. The van der Waals surface area contributed by atoms with E-state index >= 15 is 0 Å². The molecule has 9 N–H and O–H groups in total. The smallest absolute Gasteiger partial charge is 0.320 e. The van der Waals surface area contributed by atoms with Crippen LogP contribution in [0.2, 0.25) is 0 Å². The van der Waals surface area contributed by atoms with Crippen LogP contribution in [0.1, 0.15) is 112 Å². The molecular weight excluding hydrogens is 572 g/mol. The van der Waals surface area contributed by atoms with Gasteiger partial charge in [0.25, 0.3) is 0 Å². The zero-order chi connectivity index (χ0) is 33.8. The molecule has 1 unspecified atom stereocenters. The molecule has 0 aliphatic heterocycles. The molecule has 0 bridgehead atoms. The molecule has 0 aromatic rings. The number of hydrogen-bond acceptors (Lipinski definition) is 7. The summed E-state index contributed by atoms with van der Waals surface area (Å²) in [6.45, 7) is 14.2. The molecule has 0 spiro atoms. The van der Waals surface area contributed by atoms with Crippen molar-refractivity contribution in [1.29, 1.82) is 0 Å². The lowest BCUT2D eigenvalue weighted by atomic mass is 9.33. The summed E-state index contributed by atoms with van der Waals surface area (Å²) in [7, 11) is 0. The van der Waals surface area contributed by atoms with Gasteiger partial charge in [0, 0.05) is 5.41 Å². The topological polar surface area (TPSA) is 187 Å². The maximum absolute atomic E-state index is 12.8. The lowest BCUT2D eigenvalue weighted by Crippen LogP contribution is -2.68. The summed E-state index contributed by atoms with van der Waals surface area (Å²) in [6.07, 6.45) is 9.68. The van der Waals surface area contributed by atoms with Gasteiger partial charge in [0.05, 0.1) is 24.2 Å². The Kier molecular flexibility index (Phi) is 10.4. The van der Waals surface area contributed by atoms with Gasteiger partial charge in [-0.3, -0.25) is 9.59 Å². The third-order valence-electron chi connectivity index (χ3n) is 14.8. The molecule has 0 amide bonds. The Morgan fingerprint density at radius 2 is 1.64 bits per heavy atom.